The zero-order chi connectivity index (χ0) is 14.7. The number of carboxylic acids is 1. The SMILES string of the molecule is CCc1ccccc1NC(=O)N1C[C@@H](O)C[C@H]1C(=O)O. The summed E-state index contributed by atoms with van der Waals surface area (Å²) < 4.78 is 0. The number of carbonyl (C=O) groups excluding carboxylic acids is 1. The fraction of sp³-hybridized carbons (Fsp3) is 0.429. The maximum absolute atomic E-state index is 12.2. The van der Waals surface area contributed by atoms with Crippen LogP contribution in [0.1, 0.15) is 18.9 Å². The number of aliphatic hydroxyl groups is 1. The number of nitrogens with one attached hydrogen (secondary N) is 1. The number of carbonyl (C=O) groups is 2. The molecule has 1 aromatic rings. The summed E-state index contributed by atoms with van der Waals surface area (Å²) in [6.07, 6.45) is 0.0443. The second kappa shape index (κ2) is 5.92. The van der Waals surface area contributed by atoms with E-state index in [4.69, 9.17) is 5.11 Å². The Morgan fingerprint density at radius 2 is 2.10 bits per heavy atom. The van der Waals surface area contributed by atoms with Crippen LogP contribution in [0.3, 0.4) is 0 Å². The molecule has 0 aromatic heterocycles. The molecule has 1 fully saturated rings. The van der Waals surface area contributed by atoms with Gasteiger partial charge in [0.15, 0.2) is 0 Å². The van der Waals surface area contributed by atoms with E-state index in [2.05, 4.69) is 5.32 Å². The maximum atomic E-state index is 12.2. The molecule has 1 saturated heterocycles. The van der Waals surface area contributed by atoms with Gasteiger partial charge in [0.25, 0.3) is 0 Å². The third-order valence-corrected chi connectivity index (χ3v) is 3.46. The number of β-amino-alcohol motifs (C(OH)–C–C–N with tert-alkyl or cyclic N) is 1. The van der Waals surface area contributed by atoms with Gasteiger partial charge >= 0.3 is 12.0 Å². The second-order valence-corrected chi connectivity index (χ2v) is 4.84. The number of nitrogens with zero attached hydrogens (tertiary/aromatic N) is 1. The largest absolute Gasteiger partial charge is 0.480 e. The molecule has 0 spiro atoms. The lowest BCUT2D eigenvalue weighted by Crippen LogP contribution is -2.43. The van der Waals surface area contributed by atoms with Crippen LogP contribution in [-0.4, -0.2) is 45.8 Å². The summed E-state index contributed by atoms with van der Waals surface area (Å²) in [4.78, 5) is 24.5. The number of likely N-dealkylation sites (tertiary alicyclic amines) is 1. The molecule has 2 atom stereocenters. The average molecular weight is 278 g/mol. The van der Waals surface area contributed by atoms with Crippen molar-refractivity contribution in [3.8, 4) is 0 Å². The van der Waals surface area contributed by atoms with Crippen molar-refractivity contribution in [3.05, 3.63) is 29.8 Å². The first-order chi connectivity index (χ1) is 9.52. The lowest BCUT2D eigenvalue weighted by molar-refractivity contribution is -0.141. The minimum atomic E-state index is -1.10. The van der Waals surface area contributed by atoms with Crippen LogP contribution in [0, 0.1) is 0 Å². The number of carboxylic acid groups (broad SMARTS) is 1. The Balaban J connectivity index is 2.13. The summed E-state index contributed by atoms with van der Waals surface area (Å²) in [5, 5.41) is 21.4. The quantitative estimate of drug-likeness (QED) is 0.777. The summed E-state index contributed by atoms with van der Waals surface area (Å²) >= 11 is 0. The number of hydrogen-bond acceptors (Lipinski definition) is 3. The number of aliphatic carboxylic acids is 1. The molecule has 0 unspecified atom stereocenters. The van der Waals surface area contributed by atoms with Gasteiger partial charge in [-0.2, -0.15) is 0 Å². The number of urea groups is 1. The van der Waals surface area contributed by atoms with Gasteiger partial charge in [0.1, 0.15) is 6.04 Å². The molecule has 2 amide bonds. The molecule has 0 bridgehead atoms. The van der Waals surface area contributed by atoms with Gasteiger partial charge in [-0.15, -0.1) is 0 Å². The summed E-state index contributed by atoms with van der Waals surface area (Å²) in [6.45, 7) is 2.02. The molecule has 0 aliphatic carbocycles. The van der Waals surface area contributed by atoms with Crippen LogP contribution in [0.4, 0.5) is 10.5 Å². The van der Waals surface area contributed by atoms with Gasteiger partial charge in [-0.3, -0.25) is 0 Å². The standard InChI is InChI=1S/C14H18N2O4/c1-2-9-5-3-4-6-11(9)15-14(20)16-8-10(17)7-12(16)13(18)19/h3-6,10,12,17H,2,7-8H2,1H3,(H,15,20)(H,18,19)/t10-,12-/m0/s1. The summed E-state index contributed by atoms with van der Waals surface area (Å²) in [6, 6.07) is 5.91. The van der Waals surface area contributed by atoms with Crippen molar-refractivity contribution in [3.63, 3.8) is 0 Å². The van der Waals surface area contributed by atoms with E-state index in [1.807, 2.05) is 25.1 Å². The topological polar surface area (TPSA) is 89.9 Å². The van der Waals surface area contributed by atoms with E-state index >= 15 is 0 Å². The third-order valence-electron chi connectivity index (χ3n) is 3.46. The molecule has 0 radical (unpaired) electrons. The smallest absolute Gasteiger partial charge is 0.326 e. The highest BCUT2D eigenvalue weighted by Crippen LogP contribution is 2.21. The highest BCUT2D eigenvalue weighted by atomic mass is 16.4. The fourth-order valence-electron chi connectivity index (χ4n) is 2.41. The lowest BCUT2D eigenvalue weighted by Gasteiger charge is -2.22. The minimum absolute atomic E-state index is 0.0388. The zero-order valence-electron chi connectivity index (χ0n) is 11.2. The Bertz CT molecular complexity index is 518. The van der Waals surface area contributed by atoms with Crippen molar-refractivity contribution < 1.29 is 19.8 Å². The summed E-state index contributed by atoms with van der Waals surface area (Å²) in [5.74, 6) is -1.10. The van der Waals surface area contributed by atoms with Crippen LogP contribution in [0.15, 0.2) is 24.3 Å². The number of rotatable bonds is 3. The Hall–Kier alpha value is -2.08. The minimum Gasteiger partial charge on any atom is -0.480 e. The van der Waals surface area contributed by atoms with E-state index < -0.39 is 24.1 Å². The van der Waals surface area contributed by atoms with Gasteiger partial charge in [-0.25, -0.2) is 9.59 Å². The third kappa shape index (κ3) is 2.91. The normalized spacial score (nSPS) is 21.8. The number of aliphatic hydroxyl groups excluding tert-OH is 1. The number of para-hydroxylation sites is 1. The van der Waals surface area contributed by atoms with Crippen LogP contribution in [0.2, 0.25) is 0 Å². The number of aryl methyl sites for hydroxylation is 1. The molecule has 1 aliphatic heterocycles. The van der Waals surface area contributed by atoms with Crippen molar-refractivity contribution >= 4 is 17.7 Å². The van der Waals surface area contributed by atoms with Gasteiger partial charge in [-0.1, -0.05) is 25.1 Å². The molecule has 0 saturated carbocycles. The van der Waals surface area contributed by atoms with Crippen LogP contribution in [-0.2, 0) is 11.2 Å². The van der Waals surface area contributed by atoms with E-state index in [1.54, 1.807) is 6.07 Å². The molecule has 1 aliphatic rings. The second-order valence-electron chi connectivity index (χ2n) is 4.84. The summed E-state index contributed by atoms with van der Waals surface area (Å²) in [5.41, 5.74) is 1.65. The monoisotopic (exact) mass is 278 g/mol. The van der Waals surface area contributed by atoms with Crippen LogP contribution in [0.25, 0.3) is 0 Å². The highest BCUT2D eigenvalue weighted by molar-refractivity contribution is 5.93. The Morgan fingerprint density at radius 3 is 2.75 bits per heavy atom. The summed E-state index contributed by atoms with van der Waals surface area (Å²) in [7, 11) is 0. The molecular formula is C14H18N2O4. The molecule has 1 heterocycles. The van der Waals surface area contributed by atoms with Gasteiger partial charge < -0.3 is 20.4 Å². The Morgan fingerprint density at radius 1 is 1.40 bits per heavy atom. The highest BCUT2D eigenvalue weighted by Gasteiger charge is 2.39. The first kappa shape index (κ1) is 14.3. The first-order valence-corrected chi connectivity index (χ1v) is 6.59. The van der Waals surface area contributed by atoms with Crippen molar-refractivity contribution in [1.82, 2.24) is 4.90 Å². The van der Waals surface area contributed by atoms with E-state index in [9.17, 15) is 14.7 Å². The van der Waals surface area contributed by atoms with E-state index in [1.165, 1.54) is 4.90 Å². The number of benzene rings is 1. The fourth-order valence-corrected chi connectivity index (χ4v) is 2.41. The van der Waals surface area contributed by atoms with E-state index in [0.29, 0.717) is 5.69 Å². The van der Waals surface area contributed by atoms with Crippen LogP contribution >= 0.6 is 0 Å². The van der Waals surface area contributed by atoms with Gasteiger partial charge in [0.2, 0.25) is 0 Å². The predicted octanol–water partition coefficient (Wildman–Crippen LogP) is 1.30. The first-order valence-electron chi connectivity index (χ1n) is 6.59. The van der Waals surface area contributed by atoms with Gasteiger partial charge in [-0.05, 0) is 18.1 Å². The molecule has 3 N–H and O–H groups in total. The zero-order valence-corrected chi connectivity index (χ0v) is 11.2. The van der Waals surface area contributed by atoms with Crippen molar-refractivity contribution in [2.45, 2.75) is 31.9 Å². The molecule has 6 heteroatoms. The number of amides is 2. The van der Waals surface area contributed by atoms with Crippen molar-refractivity contribution in [2.75, 3.05) is 11.9 Å². The predicted molar refractivity (Wildman–Crippen MR) is 73.6 cm³/mol. The molecule has 108 valence electrons. The molecular weight excluding hydrogens is 260 g/mol. The van der Waals surface area contributed by atoms with Crippen molar-refractivity contribution in [1.29, 1.82) is 0 Å². The molecule has 2 rings (SSSR count). The average Bonchev–Trinajstić information content (AvgIpc) is 2.82. The molecule has 1 aromatic carbocycles. The molecule has 20 heavy (non-hydrogen) atoms. The maximum Gasteiger partial charge on any atom is 0.326 e. The molecule has 6 nitrogen and oxygen atoms in total. The van der Waals surface area contributed by atoms with Crippen LogP contribution in [0.5, 0.6) is 0 Å². The Labute approximate surface area is 117 Å². The van der Waals surface area contributed by atoms with E-state index in [-0.39, 0.29) is 13.0 Å². The Kier molecular flexibility index (Phi) is 4.24. The van der Waals surface area contributed by atoms with E-state index in [0.717, 1.165) is 12.0 Å². The van der Waals surface area contributed by atoms with Gasteiger partial charge in [0.05, 0.1) is 6.10 Å². The van der Waals surface area contributed by atoms with Crippen molar-refractivity contribution in [2.24, 2.45) is 0 Å². The lowest BCUT2D eigenvalue weighted by atomic mass is 10.1. The number of hydrogen-bond donors (Lipinski definition) is 3. The van der Waals surface area contributed by atoms with Crippen LogP contribution < -0.4 is 5.32 Å². The number of anilines is 1. The van der Waals surface area contributed by atoms with Gasteiger partial charge in [0, 0.05) is 18.7 Å².